The van der Waals surface area contributed by atoms with Crippen molar-refractivity contribution in [3.8, 4) is 6.07 Å². The molecule has 1 unspecified atom stereocenters. The number of aliphatic hydroxyl groups excluding tert-OH is 1. The number of hydrogen-bond acceptors (Lipinski definition) is 3. The minimum Gasteiger partial charge on any atom is -0.391 e. The Morgan fingerprint density at radius 1 is 1.64 bits per heavy atom. The van der Waals surface area contributed by atoms with E-state index in [0.29, 0.717) is 11.0 Å². The van der Waals surface area contributed by atoms with Gasteiger partial charge >= 0.3 is 0 Å². The van der Waals surface area contributed by atoms with Crippen molar-refractivity contribution in [1.82, 2.24) is 5.32 Å². The van der Waals surface area contributed by atoms with E-state index in [0.717, 1.165) is 0 Å². The predicted octanol–water partition coefficient (Wildman–Crippen LogP) is -0.569. The molecule has 5 nitrogen and oxygen atoms in total. The SMILES string of the molecule is CC(NC(=O)CC#N)[N+](C)(C)CCO. The molecule has 0 spiro atoms. The van der Waals surface area contributed by atoms with Gasteiger partial charge in [-0.05, 0) is 0 Å². The van der Waals surface area contributed by atoms with Crippen LogP contribution >= 0.6 is 0 Å². The molecule has 0 aromatic heterocycles. The van der Waals surface area contributed by atoms with Gasteiger partial charge in [0.05, 0.1) is 26.8 Å². The van der Waals surface area contributed by atoms with E-state index in [-0.39, 0.29) is 25.1 Å². The molecule has 2 N–H and O–H groups in total. The van der Waals surface area contributed by atoms with E-state index < -0.39 is 0 Å². The van der Waals surface area contributed by atoms with Gasteiger partial charge in [0.25, 0.3) is 0 Å². The van der Waals surface area contributed by atoms with Gasteiger partial charge in [-0.2, -0.15) is 5.26 Å². The minimum absolute atomic E-state index is 0.0749. The topological polar surface area (TPSA) is 73.1 Å². The van der Waals surface area contributed by atoms with Gasteiger partial charge in [-0.25, -0.2) is 0 Å². The van der Waals surface area contributed by atoms with Crippen LogP contribution in [0.5, 0.6) is 0 Å². The van der Waals surface area contributed by atoms with Crippen LogP contribution in [0.3, 0.4) is 0 Å². The van der Waals surface area contributed by atoms with Crippen molar-refractivity contribution in [3.05, 3.63) is 0 Å². The van der Waals surface area contributed by atoms with Crippen molar-refractivity contribution in [2.75, 3.05) is 27.2 Å². The normalized spacial score (nSPS) is 13.1. The third kappa shape index (κ3) is 4.21. The van der Waals surface area contributed by atoms with Crippen molar-refractivity contribution in [2.24, 2.45) is 0 Å². The highest BCUT2D eigenvalue weighted by atomic mass is 16.3. The zero-order valence-corrected chi connectivity index (χ0v) is 8.95. The third-order valence-corrected chi connectivity index (χ3v) is 2.33. The van der Waals surface area contributed by atoms with Gasteiger partial charge in [-0.1, -0.05) is 0 Å². The Bertz CT molecular complexity index is 233. The Balaban J connectivity index is 4.13. The number of amides is 1. The van der Waals surface area contributed by atoms with Gasteiger partial charge in [0, 0.05) is 6.92 Å². The lowest BCUT2D eigenvalue weighted by atomic mass is 10.3. The first kappa shape index (κ1) is 12.9. The Morgan fingerprint density at radius 3 is 2.64 bits per heavy atom. The summed E-state index contributed by atoms with van der Waals surface area (Å²) in [5.41, 5.74) is 0. The van der Waals surface area contributed by atoms with Gasteiger partial charge in [0.1, 0.15) is 13.0 Å². The number of hydrogen-bond donors (Lipinski definition) is 2. The van der Waals surface area contributed by atoms with E-state index in [4.69, 9.17) is 10.4 Å². The summed E-state index contributed by atoms with van der Waals surface area (Å²) < 4.78 is 0.494. The van der Waals surface area contributed by atoms with Gasteiger partial charge in [-0.15, -0.1) is 0 Å². The van der Waals surface area contributed by atoms with Gasteiger partial charge in [0.15, 0.2) is 6.17 Å². The number of nitrogens with zero attached hydrogens (tertiary/aromatic N) is 2. The molecule has 5 heteroatoms. The summed E-state index contributed by atoms with van der Waals surface area (Å²) in [4.78, 5) is 11.1. The van der Waals surface area contributed by atoms with E-state index in [1.165, 1.54) is 0 Å². The number of nitrogens with one attached hydrogen (secondary N) is 1. The monoisotopic (exact) mass is 200 g/mol. The molecule has 0 aromatic carbocycles. The second-order valence-corrected chi connectivity index (χ2v) is 3.80. The fourth-order valence-electron chi connectivity index (χ4n) is 0.982. The van der Waals surface area contributed by atoms with Gasteiger partial charge in [0.2, 0.25) is 5.91 Å². The number of aliphatic hydroxyl groups is 1. The molecule has 0 saturated carbocycles. The summed E-state index contributed by atoms with van der Waals surface area (Å²) in [7, 11) is 3.82. The van der Waals surface area contributed by atoms with Crippen LogP contribution < -0.4 is 5.32 Å². The molecule has 0 radical (unpaired) electrons. The fraction of sp³-hybridized carbons (Fsp3) is 0.778. The van der Waals surface area contributed by atoms with Crippen LogP contribution in [0, 0.1) is 11.3 Å². The first-order valence-electron chi connectivity index (χ1n) is 4.54. The average molecular weight is 200 g/mol. The maximum Gasteiger partial charge on any atom is 0.238 e. The molecule has 0 aliphatic rings. The van der Waals surface area contributed by atoms with Crippen LogP contribution in [-0.4, -0.2) is 48.9 Å². The van der Waals surface area contributed by atoms with E-state index in [1.54, 1.807) is 6.07 Å². The quantitative estimate of drug-likeness (QED) is 0.461. The first-order valence-corrected chi connectivity index (χ1v) is 4.54. The molecular formula is C9H18N3O2+. The lowest BCUT2D eigenvalue weighted by Gasteiger charge is -2.35. The van der Waals surface area contributed by atoms with Crippen LogP contribution in [0.2, 0.25) is 0 Å². The van der Waals surface area contributed by atoms with Crippen LogP contribution in [0.25, 0.3) is 0 Å². The molecule has 0 heterocycles. The second-order valence-electron chi connectivity index (χ2n) is 3.80. The molecule has 0 aromatic rings. The van der Waals surface area contributed by atoms with Crippen molar-refractivity contribution in [3.63, 3.8) is 0 Å². The lowest BCUT2D eigenvalue weighted by Crippen LogP contribution is -2.57. The van der Waals surface area contributed by atoms with Crippen molar-refractivity contribution < 1.29 is 14.4 Å². The summed E-state index contributed by atoms with van der Waals surface area (Å²) in [6.07, 6.45) is -0.230. The molecule has 0 saturated heterocycles. The molecule has 0 fully saturated rings. The summed E-state index contributed by atoms with van der Waals surface area (Å²) >= 11 is 0. The minimum atomic E-state index is -0.274. The molecule has 0 bridgehead atoms. The number of carbonyl (C=O) groups excluding carboxylic acids is 1. The van der Waals surface area contributed by atoms with Crippen LogP contribution in [0.15, 0.2) is 0 Å². The summed E-state index contributed by atoms with van der Waals surface area (Å²) in [5, 5.41) is 19.8. The smallest absolute Gasteiger partial charge is 0.238 e. The Hall–Kier alpha value is -1.12. The van der Waals surface area contributed by atoms with Crippen LogP contribution in [-0.2, 0) is 4.79 Å². The summed E-state index contributed by atoms with van der Waals surface area (Å²) in [5.74, 6) is -0.274. The summed E-state index contributed by atoms with van der Waals surface area (Å²) in [6, 6.07) is 1.79. The molecule has 14 heavy (non-hydrogen) atoms. The molecule has 0 aliphatic carbocycles. The number of nitriles is 1. The Labute approximate surface area is 84.5 Å². The van der Waals surface area contributed by atoms with Crippen LogP contribution in [0.1, 0.15) is 13.3 Å². The molecule has 80 valence electrons. The maximum absolute atomic E-state index is 11.1. The third-order valence-electron chi connectivity index (χ3n) is 2.33. The zero-order chi connectivity index (χ0) is 11.2. The Kier molecular flexibility index (Phi) is 5.13. The zero-order valence-electron chi connectivity index (χ0n) is 8.95. The van der Waals surface area contributed by atoms with E-state index in [9.17, 15) is 4.79 Å². The predicted molar refractivity (Wildman–Crippen MR) is 51.9 cm³/mol. The first-order chi connectivity index (χ1) is 6.44. The largest absolute Gasteiger partial charge is 0.391 e. The maximum atomic E-state index is 11.1. The number of quaternary nitrogens is 1. The molecule has 1 amide bonds. The van der Waals surface area contributed by atoms with Crippen LogP contribution in [0.4, 0.5) is 0 Å². The highest BCUT2D eigenvalue weighted by Gasteiger charge is 2.24. The highest BCUT2D eigenvalue weighted by molar-refractivity contribution is 5.78. The Morgan fingerprint density at radius 2 is 2.21 bits per heavy atom. The fourth-order valence-corrected chi connectivity index (χ4v) is 0.982. The van der Waals surface area contributed by atoms with Crippen molar-refractivity contribution in [1.29, 1.82) is 5.26 Å². The standard InChI is InChI=1S/C9H17N3O2/c1-8(11-9(14)4-5-10)12(2,3)6-7-13/h8,13H,4,6-7H2,1-3H3/p+1. The lowest BCUT2D eigenvalue weighted by molar-refractivity contribution is -0.915. The number of likely N-dealkylation sites (N-methyl/N-ethyl adjacent to an activating group) is 1. The van der Waals surface area contributed by atoms with Gasteiger partial charge in [-0.3, -0.25) is 4.79 Å². The average Bonchev–Trinajstić information content (AvgIpc) is 2.04. The molecule has 0 aliphatic heterocycles. The second kappa shape index (κ2) is 5.58. The van der Waals surface area contributed by atoms with E-state index in [1.807, 2.05) is 21.0 Å². The van der Waals surface area contributed by atoms with Gasteiger partial charge < -0.3 is 14.9 Å². The summed E-state index contributed by atoms with van der Waals surface area (Å²) in [6.45, 7) is 2.49. The van der Waals surface area contributed by atoms with Crippen molar-refractivity contribution in [2.45, 2.75) is 19.5 Å². The molecule has 1 atom stereocenters. The van der Waals surface area contributed by atoms with E-state index in [2.05, 4.69) is 5.32 Å². The number of carbonyl (C=O) groups is 1. The molecular weight excluding hydrogens is 182 g/mol. The van der Waals surface area contributed by atoms with E-state index >= 15 is 0 Å². The molecule has 0 rings (SSSR count). The van der Waals surface area contributed by atoms with Crippen molar-refractivity contribution >= 4 is 5.91 Å². The number of rotatable bonds is 5. The highest BCUT2D eigenvalue weighted by Crippen LogP contribution is 2.02.